The van der Waals surface area contributed by atoms with Crippen LogP contribution in [0.1, 0.15) is 13.3 Å². The lowest BCUT2D eigenvalue weighted by molar-refractivity contribution is -0.150. The van der Waals surface area contributed by atoms with Crippen molar-refractivity contribution in [2.24, 2.45) is 0 Å². The van der Waals surface area contributed by atoms with Crippen molar-refractivity contribution in [3.63, 3.8) is 0 Å². The first-order valence-corrected chi connectivity index (χ1v) is 7.02. The first-order chi connectivity index (χ1) is 10.0. The molecular formula is C14H20N4O3. The highest BCUT2D eigenvalue weighted by Gasteiger charge is 2.28. The lowest BCUT2D eigenvalue weighted by atomic mass is 10.2. The van der Waals surface area contributed by atoms with E-state index in [1.54, 1.807) is 11.1 Å². The summed E-state index contributed by atoms with van der Waals surface area (Å²) in [4.78, 5) is 38.7. The predicted molar refractivity (Wildman–Crippen MR) is 78.6 cm³/mol. The number of aromatic nitrogens is 1. The summed E-state index contributed by atoms with van der Waals surface area (Å²) < 4.78 is 1.45. The van der Waals surface area contributed by atoms with Gasteiger partial charge in [-0.25, -0.2) is 0 Å². The van der Waals surface area contributed by atoms with E-state index in [1.807, 2.05) is 6.92 Å². The van der Waals surface area contributed by atoms with E-state index in [4.69, 9.17) is 5.73 Å². The van der Waals surface area contributed by atoms with Crippen LogP contribution in [0.5, 0.6) is 0 Å². The van der Waals surface area contributed by atoms with Crippen LogP contribution in [0.4, 0.5) is 5.69 Å². The molecule has 0 unspecified atom stereocenters. The summed E-state index contributed by atoms with van der Waals surface area (Å²) in [6.45, 7) is 3.43. The molecule has 114 valence electrons. The number of pyridine rings is 1. The van der Waals surface area contributed by atoms with Crippen molar-refractivity contribution >= 4 is 17.5 Å². The molecule has 1 aromatic rings. The first kappa shape index (κ1) is 15.1. The van der Waals surface area contributed by atoms with Crippen molar-refractivity contribution in [3.05, 3.63) is 28.7 Å². The van der Waals surface area contributed by atoms with Crippen molar-refractivity contribution in [1.29, 1.82) is 0 Å². The van der Waals surface area contributed by atoms with Crippen LogP contribution in [-0.4, -0.2) is 52.4 Å². The predicted octanol–water partition coefficient (Wildman–Crippen LogP) is -0.489. The number of nitrogen functional groups attached to an aromatic ring is 1. The molecule has 2 heterocycles. The van der Waals surface area contributed by atoms with Crippen molar-refractivity contribution < 1.29 is 9.59 Å². The maximum absolute atomic E-state index is 12.0. The van der Waals surface area contributed by atoms with Crippen molar-refractivity contribution in [1.82, 2.24) is 14.4 Å². The SMILES string of the molecule is CCCN1CC(=O)N(CCn2cc(N)ccc2=O)CC1=O. The minimum atomic E-state index is -0.174. The molecule has 1 aromatic heterocycles. The topological polar surface area (TPSA) is 88.6 Å². The highest BCUT2D eigenvalue weighted by molar-refractivity contribution is 5.92. The molecule has 0 aliphatic carbocycles. The van der Waals surface area contributed by atoms with Gasteiger partial charge in [-0.2, -0.15) is 0 Å². The van der Waals surface area contributed by atoms with E-state index in [-0.39, 0.29) is 30.5 Å². The van der Waals surface area contributed by atoms with Crippen LogP contribution < -0.4 is 11.3 Å². The molecule has 1 aliphatic heterocycles. The van der Waals surface area contributed by atoms with Crippen LogP contribution in [0.2, 0.25) is 0 Å². The molecule has 21 heavy (non-hydrogen) atoms. The molecule has 0 saturated carbocycles. The van der Waals surface area contributed by atoms with Crippen molar-refractivity contribution in [2.45, 2.75) is 19.9 Å². The zero-order valence-corrected chi connectivity index (χ0v) is 12.1. The zero-order valence-electron chi connectivity index (χ0n) is 12.1. The van der Waals surface area contributed by atoms with E-state index >= 15 is 0 Å². The van der Waals surface area contributed by atoms with E-state index < -0.39 is 0 Å². The summed E-state index contributed by atoms with van der Waals surface area (Å²) in [5.74, 6) is -0.128. The van der Waals surface area contributed by atoms with E-state index in [0.29, 0.717) is 25.3 Å². The van der Waals surface area contributed by atoms with Crippen LogP contribution in [-0.2, 0) is 16.1 Å². The van der Waals surface area contributed by atoms with Crippen molar-refractivity contribution in [3.8, 4) is 0 Å². The van der Waals surface area contributed by atoms with E-state index in [9.17, 15) is 14.4 Å². The maximum Gasteiger partial charge on any atom is 0.250 e. The van der Waals surface area contributed by atoms with Crippen LogP contribution in [0.3, 0.4) is 0 Å². The monoisotopic (exact) mass is 292 g/mol. The Bertz CT molecular complexity index is 596. The smallest absolute Gasteiger partial charge is 0.250 e. The number of rotatable bonds is 5. The third-order valence-corrected chi connectivity index (χ3v) is 3.47. The molecule has 0 spiro atoms. The number of piperazine rings is 1. The van der Waals surface area contributed by atoms with E-state index in [0.717, 1.165) is 6.42 Å². The fourth-order valence-corrected chi connectivity index (χ4v) is 2.33. The van der Waals surface area contributed by atoms with Gasteiger partial charge in [-0.3, -0.25) is 14.4 Å². The zero-order chi connectivity index (χ0) is 15.4. The third kappa shape index (κ3) is 3.62. The quantitative estimate of drug-likeness (QED) is 0.793. The largest absolute Gasteiger partial charge is 0.398 e. The Morgan fingerprint density at radius 3 is 2.24 bits per heavy atom. The molecule has 0 bridgehead atoms. The van der Waals surface area contributed by atoms with E-state index in [1.165, 1.54) is 21.6 Å². The number of carbonyl (C=O) groups excluding carboxylic acids is 2. The van der Waals surface area contributed by atoms with Crippen LogP contribution in [0, 0.1) is 0 Å². The molecule has 2 rings (SSSR count). The Kier molecular flexibility index (Phi) is 4.62. The molecule has 0 atom stereocenters. The highest BCUT2D eigenvalue weighted by atomic mass is 16.2. The number of hydrogen-bond donors (Lipinski definition) is 1. The Morgan fingerprint density at radius 2 is 1.62 bits per heavy atom. The summed E-state index contributed by atoms with van der Waals surface area (Å²) in [6, 6.07) is 2.93. The van der Waals surface area contributed by atoms with Crippen LogP contribution in [0.25, 0.3) is 0 Å². The average Bonchev–Trinajstić information content (AvgIpc) is 2.44. The number of amides is 2. The fourth-order valence-electron chi connectivity index (χ4n) is 2.33. The van der Waals surface area contributed by atoms with Gasteiger partial charge >= 0.3 is 0 Å². The van der Waals surface area contributed by atoms with Gasteiger partial charge in [0, 0.05) is 37.6 Å². The standard InChI is InChI=1S/C14H20N4O3/c1-2-5-16-9-14(21)18(10-13(16)20)7-6-17-8-11(15)3-4-12(17)19/h3-4,8H,2,5-7,9-10,15H2,1H3. The van der Waals surface area contributed by atoms with Crippen LogP contribution in [0.15, 0.2) is 23.1 Å². The third-order valence-electron chi connectivity index (χ3n) is 3.47. The molecule has 1 aliphatic rings. The summed E-state index contributed by atoms with van der Waals surface area (Å²) in [5.41, 5.74) is 5.95. The van der Waals surface area contributed by atoms with Gasteiger partial charge in [0.15, 0.2) is 0 Å². The molecule has 7 heteroatoms. The van der Waals surface area contributed by atoms with Gasteiger partial charge in [0.25, 0.3) is 5.56 Å². The first-order valence-electron chi connectivity index (χ1n) is 7.02. The maximum atomic E-state index is 12.0. The molecule has 1 saturated heterocycles. The van der Waals surface area contributed by atoms with Gasteiger partial charge in [0.05, 0.1) is 13.1 Å². The Labute approximate surface area is 122 Å². The molecule has 2 N–H and O–H groups in total. The Morgan fingerprint density at radius 1 is 1.00 bits per heavy atom. The van der Waals surface area contributed by atoms with Gasteiger partial charge in [-0.15, -0.1) is 0 Å². The minimum Gasteiger partial charge on any atom is -0.398 e. The minimum absolute atomic E-state index is 0.0450. The van der Waals surface area contributed by atoms with Crippen molar-refractivity contribution in [2.75, 3.05) is 31.9 Å². The number of hydrogen-bond acceptors (Lipinski definition) is 4. The molecule has 1 fully saturated rings. The average molecular weight is 292 g/mol. The highest BCUT2D eigenvalue weighted by Crippen LogP contribution is 2.06. The second-order valence-electron chi connectivity index (χ2n) is 5.12. The van der Waals surface area contributed by atoms with Gasteiger partial charge in [0.2, 0.25) is 11.8 Å². The summed E-state index contributed by atoms with van der Waals surface area (Å²) in [5, 5.41) is 0. The van der Waals surface area contributed by atoms with Gasteiger partial charge in [-0.05, 0) is 12.5 Å². The molecule has 2 amide bonds. The summed E-state index contributed by atoms with van der Waals surface area (Å²) >= 11 is 0. The number of carbonyl (C=O) groups is 2. The molecule has 0 aromatic carbocycles. The van der Waals surface area contributed by atoms with Gasteiger partial charge < -0.3 is 20.1 Å². The number of nitrogens with zero attached hydrogens (tertiary/aromatic N) is 3. The lowest BCUT2D eigenvalue weighted by Gasteiger charge is -2.33. The second kappa shape index (κ2) is 6.43. The Hall–Kier alpha value is -2.31. The Balaban J connectivity index is 1.98. The van der Waals surface area contributed by atoms with Gasteiger partial charge in [0.1, 0.15) is 0 Å². The fraction of sp³-hybridized carbons (Fsp3) is 0.500. The number of nitrogens with two attached hydrogens (primary N) is 1. The number of anilines is 1. The second-order valence-corrected chi connectivity index (χ2v) is 5.12. The molecule has 7 nitrogen and oxygen atoms in total. The molecular weight excluding hydrogens is 272 g/mol. The summed E-state index contributed by atoms with van der Waals surface area (Å²) in [7, 11) is 0. The van der Waals surface area contributed by atoms with E-state index in [2.05, 4.69) is 0 Å². The summed E-state index contributed by atoms with van der Waals surface area (Å²) in [6.07, 6.45) is 2.37. The normalized spacial score (nSPS) is 15.7. The van der Waals surface area contributed by atoms with Crippen LogP contribution >= 0.6 is 0 Å². The molecule has 0 radical (unpaired) electrons. The lowest BCUT2D eigenvalue weighted by Crippen LogP contribution is -2.54. The van der Waals surface area contributed by atoms with Gasteiger partial charge in [-0.1, -0.05) is 6.92 Å².